The van der Waals surface area contributed by atoms with Crippen LogP contribution in [0.4, 0.5) is 0 Å². The van der Waals surface area contributed by atoms with E-state index in [4.69, 9.17) is 0 Å². The molecule has 2 aromatic rings. The molecule has 2 heterocycles. The van der Waals surface area contributed by atoms with Crippen LogP contribution in [0.25, 0.3) is 5.82 Å². The number of nitrogens with one attached hydrogen (secondary N) is 2. The molecule has 0 saturated heterocycles. The van der Waals surface area contributed by atoms with E-state index in [2.05, 4.69) is 25.7 Å². The Morgan fingerprint density at radius 2 is 2.19 bits per heavy atom. The van der Waals surface area contributed by atoms with Gasteiger partial charge in [0.05, 0.1) is 5.75 Å². The lowest BCUT2D eigenvalue weighted by Crippen LogP contribution is -2.33. The monoisotopic (exact) mass is 374 g/mol. The van der Waals surface area contributed by atoms with Crippen molar-refractivity contribution in [1.29, 1.82) is 0 Å². The topological polar surface area (TPSA) is 102 Å². The first-order valence-corrected chi connectivity index (χ1v) is 9.65. The minimum atomic E-state index is -0.170. The zero-order chi connectivity index (χ0) is 18.5. The second-order valence-electron chi connectivity index (χ2n) is 6.27. The van der Waals surface area contributed by atoms with Gasteiger partial charge in [-0.05, 0) is 32.3 Å². The van der Waals surface area contributed by atoms with E-state index in [0.29, 0.717) is 16.5 Å². The Hall–Kier alpha value is -2.42. The number of amides is 2. The zero-order valence-electron chi connectivity index (χ0n) is 14.8. The molecule has 9 heteroatoms. The molecule has 8 nitrogen and oxygen atoms in total. The van der Waals surface area contributed by atoms with Gasteiger partial charge >= 0.3 is 0 Å². The summed E-state index contributed by atoms with van der Waals surface area (Å²) in [6.07, 6.45) is 6.07. The Morgan fingerprint density at radius 3 is 2.92 bits per heavy atom. The number of nitrogens with zero attached hydrogens (tertiary/aromatic N) is 4. The van der Waals surface area contributed by atoms with Gasteiger partial charge in [-0.3, -0.25) is 9.59 Å². The van der Waals surface area contributed by atoms with Crippen LogP contribution in [0.15, 0.2) is 29.7 Å². The molecule has 2 amide bonds. The molecule has 3 rings (SSSR count). The highest BCUT2D eigenvalue weighted by Crippen LogP contribution is 2.19. The fraction of sp³-hybridized carbons (Fsp3) is 0.471. The zero-order valence-corrected chi connectivity index (χ0v) is 15.6. The summed E-state index contributed by atoms with van der Waals surface area (Å²) in [6, 6.07) is 3.85. The molecule has 0 unspecified atom stereocenters. The summed E-state index contributed by atoms with van der Waals surface area (Å²) in [4.78, 5) is 32.3. The lowest BCUT2D eigenvalue weighted by molar-refractivity contribution is -0.119. The summed E-state index contributed by atoms with van der Waals surface area (Å²) in [5, 5.41) is 10.8. The molecule has 0 aliphatic heterocycles. The highest BCUT2D eigenvalue weighted by Gasteiger charge is 2.24. The molecule has 1 saturated carbocycles. The maximum atomic E-state index is 12.0. The highest BCUT2D eigenvalue weighted by atomic mass is 32.2. The molecule has 0 radical (unpaired) electrons. The predicted octanol–water partition coefficient (Wildman–Crippen LogP) is 1.56. The van der Waals surface area contributed by atoms with Crippen molar-refractivity contribution < 1.29 is 9.59 Å². The number of carbonyl (C=O) groups excluding carboxylic acids is 2. The molecule has 0 bridgehead atoms. The van der Waals surface area contributed by atoms with E-state index in [0.717, 1.165) is 19.3 Å². The Kier molecular flexibility index (Phi) is 5.87. The molecule has 138 valence electrons. The van der Waals surface area contributed by atoms with E-state index >= 15 is 0 Å². The van der Waals surface area contributed by atoms with Crippen LogP contribution >= 0.6 is 11.8 Å². The average Bonchev–Trinajstić information content (AvgIpc) is 3.31. The number of carbonyl (C=O) groups is 2. The van der Waals surface area contributed by atoms with E-state index in [1.807, 2.05) is 13.8 Å². The molecule has 1 fully saturated rings. The minimum absolute atomic E-state index is 0.0253. The molecule has 0 aromatic carbocycles. The summed E-state index contributed by atoms with van der Waals surface area (Å²) < 4.78 is 1.53. The summed E-state index contributed by atoms with van der Waals surface area (Å²) in [6.45, 7) is 4.00. The van der Waals surface area contributed by atoms with Gasteiger partial charge in [0.25, 0.3) is 5.91 Å². The van der Waals surface area contributed by atoms with Crippen molar-refractivity contribution in [3.63, 3.8) is 0 Å². The van der Waals surface area contributed by atoms with E-state index in [-0.39, 0.29) is 29.7 Å². The van der Waals surface area contributed by atoms with Gasteiger partial charge in [-0.25, -0.2) is 14.6 Å². The van der Waals surface area contributed by atoms with Crippen LogP contribution in [0, 0.1) is 0 Å². The largest absolute Gasteiger partial charge is 0.353 e. The molecule has 0 spiro atoms. The van der Waals surface area contributed by atoms with Gasteiger partial charge in [-0.15, -0.1) is 0 Å². The first-order valence-electron chi connectivity index (χ1n) is 8.66. The Morgan fingerprint density at radius 1 is 1.38 bits per heavy atom. The maximum Gasteiger partial charge on any atom is 0.272 e. The van der Waals surface area contributed by atoms with Crippen molar-refractivity contribution in [1.82, 2.24) is 30.4 Å². The first-order chi connectivity index (χ1) is 12.5. The number of hydrogen-bond donors (Lipinski definition) is 2. The summed E-state index contributed by atoms with van der Waals surface area (Å²) in [5.41, 5.74) is 0.359. The lowest BCUT2D eigenvalue weighted by atomic mass is 10.3. The quantitative estimate of drug-likeness (QED) is 0.537. The van der Waals surface area contributed by atoms with Gasteiger partial charge in [0.1, 0.15) is 11.4 Å². The SMILES string of the molecule is CC[C@H](C)NC(=O)CSc1cc(-n2ccc(C(=O)NC3CC3)n2)ncn1. The summed E-state index contributed by atoms with van der Waals surface area (Å²) in [7, 11) is 0. The van der Waals surface area contributed by atoms with Crippen molar-refractivity contribution in [2.45, 2.75) is 50.2 Å². The van der Waals surface area contributed by atoms with Gasteiger partial charge in [0.2, 0.25) is 5.91 Å². The van der Waals surface area contributed by atoms with Crippen LogP contribution in [0.3, 0.4) is 0 Å². The molecular formula is C17H22N6O2S. The minimum Gasteiger partial charge on any atom is -0.353 e. The molecule has 1 aliphatic carbocycles. The second-order valence-corrected chi connectivity index (χ2v) is 7.27. The normalized spacial score (nSPS) is 14.7. The molecule has 1 atom stereocenters. The van der Waals surface area contributed by atoms with Crippen LogP contribution in [-0.2, 0) is 4.79 Å². The third kappa shape index (κ3) is 5.04. The van der Waals surface area contributed by atoms with Crippen molar-refractivity contribution in [3.05, 3.63) is 30.4 Å². The van der Waals surface area contributed by atoms with E-state index < -0.39 is 0 Å². The van der Waals surface area contributed by atoms with Crippen LogP contribution in [-0.4, -0.2) is 49.4 Å². The summed E-state index contributed by atoms with van der Waals surface area (Å²) >= 11 is 1.34. The number of thioether (sulfide) groups is 1. The van der Waals surface area contributed by atoms with Gasteiger partial charge in [0.15, 0.2) is 11.5 Å². The molecule has 1 aliphatic rings. The van der Waals surface area contributed by atoms with E-state index in [1.54, 1.807) is 18.3 Å². The Labute approximate surface area is 156 Å². The Bertz CT molecular complexity index is 789. The number of rotatable bonds is 8. The smallest absolute Gasteiger partial charge is 0.272 e. The van der Waals surface area contributed by atoms with Crippen LogP contribution in [0.2, 0.25) is 0 Å². The summed E-state index contributed by atoms with van der Waals surface area (Å²) in [5.74, 6) is 0.643. The van der Waals surface area contributed by atoms with Crippen molar-refractivity contribution >= 4 is 23.6 Å². The molecule has 2 aromatic heterocycles. The number of hydrogen-bond acceptors (Lipinski definition) is 6. The van der Waals surface area contributed by atoms with Crippen LogP contribution in [0.5, 0.6) is 0 Å². The highest BCUT2D eigenvalue weighted by molar-refractivity contribution is 7.99. The van der Waals surface area contributed by atoms with Crippen molar-refractivity contribution in [2.24, 2.45) is 0 Å². The molecule has 26 heavy (non-hydrogen) atoms. The maximum absolute atomic E-state index is 12.0. The number of aromatic nitrogens is 4. The fourth-order valence-electron chi connectivity index (χ4n) is 2.15. The lowest BCUT2D eigenvalue weighted by Gasteiger charge is -2.10. The van der Waals surface area contributed by atoms with Gasteiger partial charge < -0.3 is 10.6 Å². The Balaban J connectivity index is 1.61. The van der Waals surface area contributed by atoms with E-state index in [1.165, 1.54) is 22.8 Å². The predicted molar refractivity (Wildman–Crippen MR) is 98.3 cm³/mol. The van der Waals surface area contributed by atoms with Gasteiger partial charge in [0, 0.05) is 24.3 Å². The third-order valence-corrected chi connectivity index (χ3v) is 4.89. The van der Waals surface area contributed by atoms with Gasteiger partial charge in [-0.1, -0.05) is 18.7 Å². The third-order valence-electron chi connectivity index (χ3n) is 3.97. The van der Waals surface area contributed by atoms with Crippen molar-refractivity contribution in [3.8, 4) is 5.82 Å². The van der Waals surface area contributed by atoms with Crippen molar-refractivity contribution in [2.75, 3.05) is 5.75 Å². The fourth-order valence-corrected chi connectivity index (χ4v) is 2.82. The van der Waals surface area contributed by atoms with Crippen LogP contribution < -0.4 is 10.6 Å². The van der Waals surface area contributed by atoms with Crippen LogP contribution in [0.1, 0.15) is 43.6 Å². The second kappa shape index (κ2) is 8.31. The average molecular weight is 374 g/mol. The van der Waals surface area contributed by atoms with E-state index in [9.17, 15) is 9.59 Å². The molecular weight excluding hydrogens is 352 g/mol. The standard InChI is InChI=1S/C17H22N6O2S/c1-3-11(2)20-15(24)9-26-16-8-14(18-10-19-16)23-7-6-13(22-23)17(25)21-12-4-5-12/h6-8,10-12H,3-5,9H2,1-2H3,(H,20,24)(H,21,25)/t11-/m0/s1. The first kappa shape index (κ1) is 18.4. The molecule has 2 N–H and O–H groups in total. The van der Waals surface area contributed by atoms with Gasteiger partial charge in [-0.2, -0.15) is 5.10 Å².